The maximum absolute atomic E-state index is 9.13. The molecule has 3 nitrogen and oxygen atoms in total. The van der Waals surface area contributed by atoms with Crippen LogP contribution < -0.4 is 4.74 Å². The Labute approximate surface area is 92.0 Å². The third-order valence-electron chi connectivity index (χ3n) is 2.07. The molecular formula is C11H11NO2S. The van der Waals surface area contributed by atoms with E-state index >= 15 is 0 Å². The molecule has 0 radical (unpaired) electrons. The molecule has 0 fully saturated rings. The highest BCUT2D eigenvalue weighted by Gasteiger charge is 2.06. The summed E-state index contributed by atoms with van der Waals surface area (Å²) >= 11 is 1.45. The fourth-order valence-electron chi connectivity index (χ4n) is 1.39. The molecule has 0 amide bonds. The van der Waals surface area contributed by atoms with Gasteiger partial charge in [0.25, 0.3) is 0 Å². The summed E-state index contributed by atoms with van der Waals surface area (Å²) in [5.74, 6) is 0.942. The number of aromatic hydroxyl groups is 1. The third kappa shape index (κ3) is 2.27. The molecule has 78 valence electrons. The standard InChI is InChI=1S/C11H11NO2S/c1-14-9-5-3-2-4-8(9)6-11-12-10(13)7-15-11/h2-5,7,13H,6H2,1H3. The van der Waals surface area contributed by atoms with E-state index in [1.54, 1.807) is 12.5 Å². The number of benzene rings is 1. The first-order valence-corrected chi connectivity index (χ1v) is 5.43. The van der Waals surface area contributed by atoms with Crippen molar-refractivity contribution in [1.82, 2.24) is 4.98 Å². The minimum Gasteiger partial charge on any atom is -0.496 e. The summed E-state index contributed by atoms with van der Waals surface area (Å²) in [4.78, 5) is 4.00. The van der Waals surface area contributed by atoms with Gasteiger partial charge in [-0.15, -0.1) is 11.3 Å². The smallest absolute Gasteiger partial charge is 0.222 e. The van der Waals surface area contributed by atoms with Gasteiger partial charge in [0.2, 0.25) is 5.88 Å². The highest BCUT2D eigenvalue weighted by atomic mass is 32.1. The zero-order valence-electron chi connectivity index (χ0n) is 8.30. The second-order valence-corrected chi connectivity index (χ2v) is 4.03. The lowest BCUT2D eigenvalue weighted by molar-refractivity contribution is 0.410. The molecule has 4 heteroatoms. The minimum atomic E-state index is 0.0879. The van der Waals surface area contributed by atoms with Crippen molar-refractivity contribution in [3.05, 3.63) is 40.2 Å². The maximum Gasteiger partial charge on any atom is 0.222 e. The van der Waals surface area contributed by atoms with E-state index in [0.717, 1.165) is 16.3 Å². The fourth-order valence-corrected chi connectivity index (χ4v) is 2.07. The summed E-state index contributed by atoms with van der Waals surface area (Å²) in [5, 5.41) is 11.6. The molecule has 2 rings (SSSR count). The van der Waals surface area contributed by atoms with Crippen molar-refractivity contribution in [2.75, 3.05) is 7.11 Å². The van der Waals surface area contributed by atoms with Crippen LogP contribution >= 0.6 is 11.3 Å². The highest BCUT2D eigenvalue weighted by Crippen LogP contribution is 2.23. The molecule has 0 saturated heterocycles. The van der Waals surface area contributed by atoms with Crippen molar-refractivity contribution < 1.29 is 9.84 Å². The van der Waals surface area contributed by atoms with Crippen LogP contribution in [-0.4, -0.2) is 17.2 Å². The molecule has 0 unspecified atom stereocenters. The van der Waals surface area contributed by atoms with Crippen molar-refractivity contribution in [2.24, 2.45) is 0 Å². The van der Waals surface area contributed by atoms with Gasteiger partial charge in [0.1, 0.15) is 10.8 Å². The van der Waals surface area contributed by atoms with E-state index in [-0.39, 0.29) is 5.88 Å². The number of hydrogen-bond acceptors (Lipinski definition) is 4. The van der Waals surface area contributed by atoms with Gasteiger partial charge in [0.05, 0.1) is 12.5 Å². The van der Waals surface area contributed by atoms with Gasteiger partial charge in [0.15, 0.2) is 0 Å². The number of thiazole rings is 1. The SMILES string of the molecule is COc1ccccc1Cc1nc(O)cs1. The van der Waals surface area contributed by atoms with Gasteiger partial charge in [-0.05, 0) is 6.07 Å². The molecule has 15 heavy (non-hydrogen) atoms. The number of nitrogens with zero attached hydrogens (tertiary/aromatic N) is 1. The molecule has 1 aromatic carbocycles. The van der Waals surface area contributed by atoms with Crippen molar-refractivity contribution >= 4 is 11.3 Å². The van der Waals surface area contributed by atoms with Crippen LogP contribution in [-0.2, 0) is 6.42 Å². The van der Waals surface area contributed by atoms with E-state index < -0.39 is 0 Å². The van der Waals surface area contributed by atoms with Crippen LogP contribution in [0, 0.1) is 0 Å². The van der Waals surface area contributed by atoms with Crippen LogP contribution in [0.25, 0.3) is 0 Å². The van der Waals surface area contributed by atoms with Gasteiger partial charge in [-0.3, -0.25) is 0 Å². The van der Waals surface area contributed by atoms with E-state index in [0.29, 0.717) is 6.42 Å². The van der Waals surface area contributed by atoms with Gasteiger partial charge in [-0.2, -0.15) is 0 Å². The molecule has 1 N–H and O–H groups in total. The van der Waals surface area contributed by atoms with Gasteiger partial charge in [0, 0.05) is 12.0 Å². The monoisotopic (exact) mass is 221 g/mol. The predicted octanol–water partition coefficient (Wildman–Crippen LogP) is 2.45. The molecule has 0 saturated carbocycles. The van der Waals surface area contributed by atoms with Gasteiger partial charge in [-0.25, -0.2) is 4.98 Å². The lowest BCUT2D eigenvalue weighted by atomic mass is 10.1. The van der Waals surface area contributed by atoms with Crippen molar-refractivity contribution in [3.8, 4) is 11.6 Å². The van der Waals surface area contributed by atoms with E-state index in [2.05, 4.69) is 4.98 Å². The molecule has 0 atom stereocenters. The third-order valence-corrected chi connectivity index (χ3v) is 2.91. The Balaban J connectivity index is 2.23. The van der Waals surface area contributed by atoms with Crippen LogP contribution in [0.5, 0.6) is 11.6 Å². The lowest BCUT2D eigenvalue weighted by Crippen LogP contribution is -1.92. The van der Waals surface area contributed by atoms with Crippen LogP contribution in [0.1, 0.15) is 10.6 Å². The van der Waals surface area contributed by atoms with Gasteiger partial charge < -0.3 is 9.84 Å². The first-order chi connectivity index (χ1) is 7.29. The van der Waals surface area contributed by atoms with Gasteiger partial charge in [-0.1, -0.05) is 18.2 Å². The Hall–Kier alpha value is -1.55. The molecule has 1 aromatic heterocycles. The van der Waals surface area contributed by atoms with Crippen LogP contribution in [0.2, 0.25) is 0 Å². The molecule has 0 aliphatic heterocycles. The summed E-state index contributed by atoms with van der Waals surface area (Å²) in [6, 6.07) is 7.81. The largest absolute Gasteiger partial charge is 0.496 e. The quantitative estimate of drug-likeness (QED) is 0.865. The Morgan fingerprint density at radius 2 is 2.20 bits per heavy atom. The fraction of sp³-hybridized carbons (Fsp3) is 0.182. The summed E-state index contributed by atoms with van der Waals surface area (Å²) in [5.41, 5.74) is 1.08. The molecule has 0 bridgehead atoms. The Morgan fingerprint density at radius 1 is 1.40 bits per heavy atom. The molecule has 0 aliphatic carbocycles. The Morgan fingerprint density at radius 3 is 2.87 bits per heavy atom. The number of methoxy groups -OCH3 is 1. The number of para-hydroxylation sites is 1. The Bertz CT molecular complexity index is 453. The van der Waals surface area contributed by atoms with Gasteiger partial charge >= 0.3 is 0 Å². The van der Waals surface area contributed by atoms with Crippen molar-refractivity contribution in [3.63, 3.8) is 0 Å². The molecule has 0 aliphatic rings. The topological polar surface area (TPSA) is 42.4 Å². The molecule has 1 heterocycles. The van der Waals surface area contributed by atoms with E-state index in [1.165, 1.54) is 11.3 Å². The van der Waals surface area contributed by atoms with E-state index in [4.69, 9.17) is 9.84 Å². The number of aromatic nitrogens is 1. The molecule has 0 spiro atoms. The van der Waals surface area contributed by atoms with Crippen LogP contribution in [0.3, 0.4) is 0 Å². The second kappa shape index (κ2) is 4.31. The van der Waals surface area contributed by atoms with Crippen molar-refractivity contribution in [1.29, 1.82) is 0 Å². The first kappa shape index (κ1) is 9.98. The first-order valence-electron chi connectivity index (χ1n) is 4.55. The predicted molar refractivity (Wildman–Crippen MR) is 59.6 cm³/mol. The van der Waals surface area contributed by atoms with Crippen LogP contribution in [0.15, 0.2) is 29.6 Å². The maximum atomic E-state index is 9.13. The summed E-state index contributed by atoms with van der Waals surface area (Å²) in [6.07, 6.45) is 0.690. The van der Waals surface area contributed by atoms with Crippen LogP contribution in [0.4, 0.5) is 0 Å². The summed E-state index contributed by atoms with van der Waals surface area (Å²) in [7, 11) is 1.65. The zero-order valence-corrected chi connectivity index (χ0v) is 9.12. The minimum absolute atomic E-state index is 0.0879. The zero-order chi connectivity index (χ0) is 10.7. The Kier molecular flexibility index (Phi) is 2.87. The van der Waals surface area contributed by atoms with E-state index in [1.807, 2.05) is 24.3 Å². The average molecular weight is 221 g/mol. The second-order valence-electron chi connectivity index (χ2n) is 3.09. The average Bonchev–Trinajstić information content (AvgIpc) is 2.65. The number of ether oxygens (including phenoxy) is 1. The van der Waals surface area contributed by atoms with E-state index in [9.17, 15) is 0 Å². The number of rotatable bonds is 3. The summed E-state index contributed by atoms with van der Waals surface area (Å²) < 4.78 is 5.24. The van der Waals surface area contributed by atoms with Crippen molar-refractivity contribution in [2.45, 2.75) is 6.42 Å². The summed E-state index contributed by atoms with van der Waals surface area (Å²) in [6.45, 7) is 0. The molecule has 2 aromatic rings. The normalized spacial score (nSPS) is 10.2. The lowest BCUT2D eigenvalue weighted by Gasteiger charge is -2.05. The molecular weight excluding hydrogens is 210 g/mol. The highest BCUT2D eigenvalue weighted by molar-refractivity contribution is 7.09. The number of hydrogen-bond donors (Lipinski definition) is 1.